The number of hydrogen-bond donors (Lipinski definition) is 2. The topological polar surface area (TPSA) is 71.0 Å². The quantitative estimate of drug-likeness (QED) is 0.658. The van der Waals surface area contributed by atoms with Gasteiger partial charge in [-0.1, -0.05) is 30.5 Å². The number of hydrogen-bond acceptors (Lipinski definition) is 5. The Morgan fingerprint density at radius 3 is 2.59 bits per heavy atom. The third-order valence-electron chi connectivity index (χ3n) is 6.90. The molecule has 1 saturated carbocycles. The molecule has 32 heavy (non-hydrogen) atoms. The number of likely N-dealkylation sites (tertiary alicyclic amines) is 1. The van der Waals surface area contributed by atoms with Crippen LogP contribution in [-0.2, 0) is 4.79 Å². The summed E-state index contributed by atoms with van der Waals surface area (Å²) < 4.78 is 10.9. The number of nitrogens with zero attached hydrogens (tertiary/aromatic N) is 1. The molecule has 2 aromatic rings. The number of benzene rings is 2. The van der Waals surface area contributed by atoms with Crippen LogP contribution in [0.3, 0.4) is 0 Å². The van der Waals surface area contributed by atoms with E-state index in [1.807, 2.05) is 18.2 Å². The molecular formula is C25H31ClN2O4. The van der Waals surface area contributed by atoms with E-state index in [0.29, 0.717) is 35.2 Å². The third-order valence-corrected chi connectivity index (χ3v) is 7.15. The van der Waals surface area contributed by atoms with Gasteiger partial charge in [0.1, 0.15) is 0 Å². The Balaban J connectivity index is 1.61. The summed E-state index contributed by atoms with van der Waals surface area (Å²) >= 11 is 5.95. The van der Waals surface area contributed by atoms with Crippen molar-refractivity contribution in [3.8, 4) is 11.5 Å². The molecule has 3 atom stereocenters. The average molecular weight is 459 g/mol. The van der Waals surface area contributed by atoms with Gasteiger partial charge in [0.2, 0.25) is 5.91 Å². The van der Waals surface area contributed by atoms with E-state index in [1.165, 1.54) is 0 Å². The highest BCUT2D eigenvalue weighted by Crippen LogP contribution is 2.50. The van der Waals surface area contributed by atoms with Crippen molar-refractivity contribution in [3.05, 3.63) is 53.1 Å². The van der Waals surface area contributed by atoms with Gasteiger partial charge in [-0.25, -0.2) is 0 Å². The summed E-state index contributed by atoms with van der Waals surface area (Å²) in [6.07, 6.45) is 4.55. The first-order chi connectivity index (χ1) is 15.4. The zero-order valence-corrected chi connectivity index (χ0v) is 19.4. The zero-order valence-electron chi connectivity index (χ0n) is 18.6. The minimum Gasteiger partial charge on any atom is -0.493 e. The van der Waals surface area contributed by atoms with Gasteiger partial charge in [0.05, 0.1) is 26.4 Å². The first kappa shape index (κ1) is 22.9. The second kappa shape index (κ2) is 9.69. The maximum atomic E-state index is 12.9. The van der Waals surface area contributed by atoms with Gasteiger partial charge in [-0.15, -0.1) is 0 Å². The number of rotatable bonds is 6. The lowest BCUT2D eigenvalue weighted by Gasteiger charge is -2.52. The van der Waals surface area contributed by atoms with Crippen molar-refractivity contribution in [2.75, 3.05) is 32.6 Å². The second-order valence-corrected chi connectivity index (χ2v) is 9.23. The number of carbonyl (C=O) groups excluding carboxylic acids is 1. The fourth-order valence-corrected chi connectivity index (χ4v) is 5.44. The lowest BCUT2D eigenvalue weighted by atomic mass is 9.66. The summed E-state index contributed by atoms with van der Waals surface area (Å²) in [5, 5.41) is 15.1. The summed E-state index contributed by atoms with van der Waals surface area (Å²) in [4.78, 5) is 15.1. The smallest absolute Gasteiger partial charge is 0.238 e. The number of fused-ring (bicyclic) bond motifs is 1. The first-order valence-electron chi connectivity index (χ1n) is 11.2. The molecule has 2 aliphatic rings. The molecule has 2 fully saturated rings. The van der Waals surface area contributed by atoms with Gasteiger partial charge in [0.15, 0.2) is 11.5 Å². The molecular weight excluding hydrogens is 428 g/mol. The molecule has 0 unspecified atom stereocenters. The predicted molar refractivity (Wildman–Crippen MR) is 125 cm³/mol. The van der Waals surface area contributed by atoms with Crippen molar-refractivity contribution in [2.45, 2.75) is 43.7 Å². The molecule has 2 N–H and O–H groups in total. The van der Waals surface area contributed by atoms with E-state index >= 15 is 0 Å². The summed E-state index contributed by atoms with van der Waals surface area (Å²) in [5.74, 6) is 1.30. The van der Waals surface area contributed by atoms with Gasteiger partial charge in [-0.3, -0.25) is 9.69 Å². The fourth-order valence-electron chi connectivity index (χ4n) is 5.32. The Hall–Kier alpha value is -2.28. The van der Waals surface area contributed by atoms with Crippen LogP contribution in [0.15, 0.2) is 42.5 Å². The molecule has 1 aliphatic heterocycles. The normalized spacial score (nSPS) is 25.6. The van der Waals surface area contributed by atoms with E-state index in [4.69, 9.17) is 21.1 Å². The molecule has 0 bridgehead atoms. The number of halogens is 1. The Labute approximate surface area is 194 Å². The van der Waals surface area contributed by atoms with Crippen LogP contribution in [0.25, 0.3) is 0 Å². The largest absolute Gasteiger partial charge is 0.493 e. The minimum atomic E-state index is -0.695. The van der Waals surface area contributed by atoms with Crippen LogP contribution in [-0.4, -0.2) is 48.8 Å². The predicted octanol–water partition coefficient (Wildman–Crippen LogP) is 4.66. The van der Waals surface area contributed by atoms with Gasteiger partial charge in [0, 0.05) is 29.2 Å². The molecule has 2 aromatic carbocycles. The second-order valence-electron chi connectivity index (χ2n) is 8.79. The highest BCUT2D eigenvalue weighted by molar-refractivity contribution is 6.30. The van der Waals surface area contributed by atoms with Crippen molar-refractivity contribution < 1.29 is 19.4 Å². The SMILES string of the molecule is COc1ccc([C@H]2[C@H]3CCCC[C@]3(O)CCN2CC(=O)Nc2ccc(Cl)cc2)cc1OC. The summed E-state index contributed by atoms with van der Waals surface area (Å²) in [5.41, 5.74) is 1.05. The molecule has 1 amide bonds. The van der Waals surface area contributed by atoms with E-state index < -0.39 is 5.60 Å². The van der Waals surface area contributed by atoms with Crippen LogP contribution in [0.4, 0.5) is 5.69 Å². The van der Waals surface area contributed by atoms with Crippen LogP contribution in [0.5, 0.6) is 11.5 Å². The molecule has 0 aromatic heterocycles. The molecule has 1 aliphatic carbocycles. The van der Waals surface area contributed by atoms with Crippen molar-refractivity contribution in [3.63, 3.8) is 0 Å². The van der Waals surface area contributed by atoms with Crippen molar-refractivity contribution >= 4 is 23.2 Å². The zero-order chi connectivity index (χ0) is 22.7. The number of amides is 1. The Morgan fingerprint density at radius 2 is 1.88 bits per heavy atom. The molecule has 172 valence electrons. The standard InChI is InChI=1S/C25H31ClN2O4/c1-31-21-11-6-17(15-22(21)32-2)24-20-5-3-4-12-25(20,30)13-14-28(24)16-23(29)27-19-9-7-18(26)8-10-19/h6-11,15,20,24,30H,3-5,12-14,16H2,1-2H3,(H,27,29)/t20-,24+,25+/m1/s1. The molecule has 4 rings (SSSR count). The highest BCUT2D eigenvalue weighted by atomic mass is 35.5. The summed E-state index contributed by atoms with van der Waals surface area (Å²) in [7, 11) is 3.24. The average Bonchev–Trinajstić information content (AvgIpc) is 2.80. The molecule has 0 radical (unpaired) electrons. The monoisotopic (exact) mass is 458 g/mol. The van der Waals surface area contributed by atoms with E-state index in [1.54, 1.807) is 38.5 Å². The van der Waals surface area contributed by atoms with E-state index in [9.17, 15) is 9.90 Å². The van der Waals surface area contributed by atoms with E-state index in [2.05, 4.69) is 10.2 Å². The number of piperidine rings is 1. The van der Waals surface area contributed by atoms with Gasteiger partial charge in [-0.05, 0) is 61.2 Å². The Morgan fingerprint density at radius 1 is 1.12 bits per heavy atom. The highest BCUT2D eigenvalue weighted by Gasteiger charge is 2.49. The number of ether oxygens (including phenoxy) is 2. The van der Waals surface area contributed by atoms with Crippen LogP contribution in [0.2, 0.25) is 5.02 Å². The minimum absolute atomic E-state index is 0.0615. The van der Waals surface area contributed by atoms with Crippen LogP contribution >= 0.6 is 11.6 Å². The number of aliphatic hydroxyl groups is 1. The van der Waals surface area contributed by atoms with E-state index in [-0.39, 0.29) is 24.4 Å². The van der Waals surface area contributed by atoms with Crippen LogP contribution in [0, 0.1) is 5.92 Å². The van der Waals surface area contributed by atoms with Crippen molar-refractivity contribution in [1.29, 1.82) is 0 Å². The molecule has 0 spiro atoms. The van der Waals surface area contributed by atoms with Crippen LogP contribution in [0.1, 0.15) is 43.7 Å². The van der Waals surface area contributed by atoms with Gasteiger partial charge >= 0.3 is 0 Å². The summed E-state index contributed by atoms with van der Waals surface area (Å²) in [6.45, 7) is 0.897. The lowest BCUT2D eigenvalue weighted by molar-refractivity contribution is -0.135. The molecule has 1 saturated heterocycles. The molecule has 7 heteroatoms. The Bertz CT molecular complexity index is 951. The van der Waals surface area contributed by atoms with E-state index in [0.717, 1.165) is 31.2 Å². The maximum Gasteiger partial charge on any atom is 0.238 e. The summed E-state index contributed by atoms with van der Waals surface area (Å²) in [6, 6.07) is 12.9. The third kappa shape index (κ3) is 4.72. The number of nitrogens with one attached hydrogen (secondary N) is 1. The Kier molecular flexibility index (Phi) is 6.93. The van der Waals surface area contributed by atoms with Gasteiger partial charge in [-0.2, -0.15) is 0 Å². The van der Waals surface area contributed by atoms with Crippen LogP contribution < -0.4 is 14.8 Å². The van der Waals surface area contributed by atoms with Crippen molar-refractivity contribution in [1.82, 2.24) is 4.90 Å². The number of carbonyl (C=O) groups is 1. The number of anilines is 1. The number of methoxy groups -OCH3 is 2. The molecule has 6 nitrogen and oxygen atoms in total. The van der Waals surface area contributed by atoms with Crippen molar-refractivity contribution in [2.24, 2.45) is 5.92 Å². The molecule has 1 heterocycles. The van der Waals surface area contributed by atoms with Gasteiger partial charge < -0.3 is 19.9 Å². The maximum absolute atomic E-state index is 12.9. The fraction of sp³-hybridized carbons (Fsp3) is 0.480. The first-order valence-corrected chi connectivity index (χ1v) is 11.5. The van der Waals surface area contributed by atoms with Gasteiger partial charge in [0.25, 0.3) is 0 Å². The lowest BCUT2D eigenvalue weighted by Crippen LogP contribution is -2.56.